The van der Waals surface area contributed by atoms with E-state index in [1.807, 2.05) is 48.7 Å². The molecule has 0 aromatic heterocycles. The molecule has 0 spiro atoms. The van der Waals surface area contributed by atoms with E-state index in [1.165, 1.54) is 4.90 Å². The van der Waals surface area contributed by atoms with Gasteiger partial charge in [-0.2, -0.15) is 0 Å². The highest BCUT2D eigenvalue weighted by Crippen LogP contribution is 2.30. The number of hydrogen-bond acceptors (Lipinski definition) is 4. The number of carbonyl (C=O) groups is 1. The summed E-state index contributed by atoms with van der Waals surface area (Å²) >= 11 is 1.69. The Labute approximate surface area is 153 Å². The lowest BCUT2D eigenvalue weighted by Crippen LogP contribution is -2.34. The fraction of sp³-hybridized carbons (Fsp3) is 0.350. The zero-order valence-electron chi connectivity index (χ0n) is 14.7. The molecule has 1 saturated carbocycles. The van der Waals surface area contributed by atoms with E-state index in [4.69, 9.17) is 4.74 Å². The lowest BCUT2D eigenvalue weighted by molar-refractivity contribution is -0.117. The Kier molecular flexibility index (Phi) is 6.00. The van der Waals surface area contributed by atoms with Crippen LogP contribution >= 0.6 is 11.8 Å². The summed E-state index contributed by atoms with van der Waals surface area (Å²) in [4.78, 5) is 15.9. The molecule has 3 rings (SSSR count). The minimum atomic E-state index is 0.0266. The van der Waals surface area contributed by atoms with Crippen molar-refractivity contribution < 1.29 is 9.53 Å². The van der Waals surface area contributed by atoms with Crippen LogP contribution < -0.4 is 10.1 Å². The first-order valence-electron chi connectivity index (χ1n) is 8.49. The average molecular weight is 356 g/mol. The van der Waals surface area contributed by atoms with E-state index in [2.05, 4.69) is 16.3 Å². The van der Waals surface area contributed by atoms with E-state index in [1.54, 1.807) is 18.9 Å². The number of rotatable bonds is 8. The number of thioether (sulfide) groups is 1. The third kappa shape index (κ3) is 5.00. The van der Waals surface area contributed by atoms with Gasteiger partial charge in [-0.3, -0.25) is 9.69 Å². The first-order chi connectivity index (χ1) is 12.2. The van der Waals surface area contributed by atoms with Crippen LogP contribution in [-0.2, 0) is 11.3 Å². The number of nitrogens with zero attached hydrogens (tertiary/aromatic N) is 1. The second-order valence-electron chi connectivity index (χ2n) is 6.22. The van der Waals surface area contributed by atoms with Gasteiger partial charge in [0.2, 0.25) is 5.91 Å². The Hall–Kier alpha value is -1.98. The first kappa shape index (κ1) is 17.8. The van der Waals surface area contributed by atoms with Crippen LogP contribution in [0.15, 0.2) is 53.4 Å². The largest absolute Gasteiger partial charge is 0.496 e. The molecule has 1 amide bonds. The maximum atomic E-state index is 12.5. The molecule has 1 N–H and O–H groups in total. The summed E-state index contributed by atoms with van der Waals surface area (Å²) in [6.45, 7) is 1.13. The van der Waals surface area contributed by atoms with Gasteiger partial charge in [0.15, 0.2) is 0 Å². The standard InChI is InChI=1S/C20H24N2O2S/c1-24-19-6-4-3-5-15(19)13-22(17-9-10-17)14-20(23)21-16-7-11-18(25-2)12-8-16/h3-8,11-12,17H,9-10,13-14H2,1-2H3,(H,21,23). The summed E-state index contributed by atoms with van der Waals surface area (Å²) in [6.07, 6.45) is 4.36. The monoisotopic (exact) mass is 356 g/mol. The van der Waals surface area contributed by atoms with E-state index in [0.717, 1.165) is 36.4 Å². The van der Waals surface area contributed by atoms with Crippen molar-refractivity contribution in [3.8, 4) is 5.75 Å². The van der Waals surface area contributed by atoms with E-state index >= 15 is 0 Å². The molecule has 0 aliphatic heterocycles. The summed E-state index contributed by atoms with van der Waals surface area (Å²) in [5, 5.41) is 3.00. The number of hydrogen-bond donors (Lipinski definition) is 1. The Morgan fingerprint density at radius 3 is 2.56 bits per heavy atom. The molecule has 0 heterocycles. The lowest BCUT2D eigenvalue weighted by atomic mass is 10.2. The average Bonchev–Trinajstić information content (AvgIpc) is 3.47. The van der Waals surface area contributed by atoms with E-state index in [-0.39, 0.29) is 5.91 Å². The number of amides is 1. The lowest BCUT2D eigenvalue weighted by Gasteiger charge is -2.22. The molecule has 2 aromatic rings. The maximum absolute atomic E-state index is 12.5. The third-order valence-electron chi connectivity index (χ3n) is 4.35. The SMILES string of the molecule is COc1ccccc1CN(CC(=O)Nc1ccc(SC)cc1)C1CC1. The molecule has 1 aliphatic carbocycles. The second-order valence-corrected chi connectivity index (χ2v) is 7.10. The zero-order valence-corrected chi connectivity index (χ0v) is 15.5. The normalized spacial score (nSPS) is 13.7. The van der Waals surface area contributed by atoms with Crippen molar-refractivity contribution in [1.29, 1.82) is 0 Å². The molecule has 0 unspecified atom stereocenters. The van der Waals surface area contributed by atoms with Crippen LogP contribution in [0, 0.1) is 0 Å². The van der Waals surface area contributed by atoms with Gasteiger partial charge in [-0.05, 0) is 49.4 Å². The predicted octanol–water partition coefficient (Wildman–Crippen LogP) is 4.02. The van der Waals surface area contributed by atoms with Crippen molar-refractivity contribution in [2.24, 2.45) is 0 Å². The smallest absolute Gasteiger partial charge is 0.238 e. The minimum Gasteiger partial charge on any atom is -0.496 e. The van der Waals surface area contributed by atoms with Crippen molar-refractivity contribution in [3.05, 3.63) is 54.1 Å². The van der Waals surface area contributed by atoms with Crippen molar-refractivity contribution in [2.45, 2.75) is 30.3 Å². The highest BCUT2D eigenvalue weighted by molar-refractivity contribution is 7.98. The van der Waals surface area contributed by atoms with Gasteiger partial charge in [0.1, 0.15) is 5.75 Å². The summed E-state index contributed by atoms with van der Waals surface area (Å²) < 4.78 is 5.44. The zero-order chi connectivity index (χ0) is 17.6. The maximum Gasteiger partial charge on any atom is 0.238 e. The molecular weight excluding hydrogens is 332 g/mol. The summed E-state index contributed by atoms with van der Waals surface area (Å²) in [5.74, 6) is 0.903. The first-order valence-corrected chi connectivity index (χ1v) is 9.72. The van der Waals surface area contributed by atoms with Crippen LogP contribution in [0.25, 0.3) is 0 Å². The highest BCUT2D eigenvalue weighted by Gasteiger charge is 2.30. The third-order valence-corrected chi connectivity index (χ3v) is 5.09. The van der Waals surface area contributed by atoms with Crippen LogP contribution in [0.4, 0.5) is 5.69 Å². The fourth-order valence-electron chi connectivity index (χ4n) is 2.87. The molecule has 25 heavy (non-hydrogen) atoms. The van der Waals surface area contributed by atoms with Gasteiger partial charge in [-0.1, -0.05) is 18.2 Å². The van der Waals surface area contributed by atoms with Crippen LogP contribution in [-0.4, -0.2) is 36.8 Å². The number of nitrogens with one attached hydrogen (secondary N) is 1. The van der Waals surface area contributed by atoms with Gasteiger partial charge < -0.3 is 10.1 Å². The van der Waals surface area contributed by atoms with Crippen LogP contribution in [0.5, 0.6) is 5.75 Å². The van der Waals surface area contributed by atoms with Crippen molar-refractivity contribution >= 4 is 23.4 Å². The molecule has 1 fully saturated rings. The van der Waals surface area contributed by atoms with Crippen LogP contribution in [0.2, 0.25) is 0 Å². The molecule has 2 aromatic carbocycles. The number of ether oxygens (including phenoxy) is 1. The Morgan fingerprint density at radius 2 is 1.92 bits per heavy atom. The molecular formula is C20H24N2O2S. The quantitative estimate of drug-likeness (QED) is 0.726. The van der Waals surface area contributed by atoms with Crippen molar-refractivity contribution in [1.82, 2.24) is 4.90 Å². The number of carbonyl (C=O) groups excluding carboxylic acids is 1. The number of benzene rings is 2. The molecule has 4 nitrogen and oxygen atoms in total. The second kappa shape index (κ2) is 8.41. The molecule has 5 heteroatoms. The minimum absolute atomic E-state index is 0.0266. The van der Waals surface area contributed by atoms with Crippen molar-refractivity contribution in [3.63, 3.8) is 0 Å². The molecule has 1 aliphatic rings. The number of para-hydroxylation sites is 1. The van der Waals surface area contributed by atoms with Gasteiger partial charge in [-0.25, -0.2) is 0 Å². The van der Waals surface area contributed by atoms with E-state index in [0.29, 0.717) is 12.6 Å². The Balaban J connectivity index is 1.62. The van der Waals surface area contributed by atoms with Gasteiger partial charge in [0.05, 0.1) is 13.7 Å². The summed E-state index contributed by atoms with van der Waals surface area (Å²) in [6, 6.07) is 16.4. The predicted molar refractivity (Wildman–Crippen MR) is 103 cm³/mol. The van der Waals surface area contributed by atoms with Crippen LogP contribution in [0.1, 0.15) is 18.4 Å². The van der Waals surface area contributed by atoms with E-state index in [9.17, 15) is 4.79 Å². The fourth-order valence-corrected chi connectivity index (χ4v) is 3.27. The Bertz CT molecular complexity index is 714. The van der Waals surface area contributed by atoms with Gasteiger partial charge in [-0.15, -0.1) is 11.8 Å². The highest BCUT2D eigenvalue weighted by atomic mass is 32.2. The molecule has 0 bridgehead atoms. The number of anilines is 1. The molecule has 0 saturated heterocycles. The van der Waals surface area contributed by atoms with Crippen molar-refractivity contribution in [2.75, 3.05) is 25.2 Å². The molecule has 0 atom stereocenters. The van der Waals surface area contributed by atoms with Gasteiger partial charge >= 0.3 is 0 Å². The van der Waals surface area contributed by atoms with Gasteiger partial charge in [0.25, 0.3) is 0 Å². The van der Waals surface area contributed by atoms with Gasteiger partial charge in [0, 0.05) is 28.7 Å². The molecule has 132 valence electrons. The molecule has 0 radical (unpaired) electrons. The summed E-state index contributed by atoms with van der Waals surface area (Å²) in [7, 11) is 1.69. The number of methoxy groups -OCH3 is 1. The Morgan fingerprint density at radius 1 is 1.20 bits per heavy atom. The summed E-state index contributed by atoms with van der Waals surface area (Å²) in [5.41, 5.74) is 1.96. The van der Waals surface area contributed by atoms with E-state index < -0.39 is 0 Å². The topological polar surface area (TPSA) is 41.6 Å². The van der Waals surface area contributed by atoms with Crippen LogP contribution in [0.3, 0.4) is 0 Å².